The lowest BCUT2D eigenvalue weighted by Gasteiger charge is -2.29. The van der Waals surface area contributed by atoms with Crippen LogP contribution in [0.25, 0.3) is 11.1 Å². The molecule has 2 aromatic carbocycles. The van der Waals surface area contributed by atoms with Crippen molar-refractivity contribution in [1.82, 2.24) is 5.43 Å². The molecule has 28 heavy (non-hydrogen) atoms. The summed E-state index contributed by atoms with van der Waals surface area (Å²) in [4.78, 5) is 14.2. The minimum atomic E-state index is -1.20. The lowest BCUT2D eigenvalue weighted by atomic mass is 10.0. The van der Waals surface area contributed by atoms with Gasteiger partial charge in [-0.2, -0.15) is 0 Å². The number of nitrogens with two attached hydrogens (primary N) is 2. The number of hydrazine groups is 1. The van der Waals surface area contributed by atoms with E-state index in [1.807, 2.05) is 30.3 Å². The molecule has 8 heteroatoms. The van der Waals surface area contributed by atoms with Gasteiger partial charge in [0.15, 0.2) is 5.70 Å². The van der Waals surface area contributed by atoms with Crippen molar-refractivity contribution >= 4 is 35.0 Å². The van der Waals surface area contributed by atoms with E-state index in [2.05, 4.69) is 22.5 Å². The van der Waals surface area contributed by atoms with Crippen LogP contribution in [0.1, 0.15) is 19.3 Å². The van der Waals surface area contributed by atoms with Gasteiger partial charge in [0, 0.05) is 18.0 Å². The first-order valence-electron chi connectivity index (χ1n) is 9.02. The van der Waals surface area contributed by atoms with E-state index >= 15 is 0 Å². The quantitative estimate of drug-likeness (QED) is 0.245. The highest BCUT2D eigenvalue weighted by Crippen LogP contribution is 2.34. The number of rotatable bonds is 6. The molecule has 1 fully saturated rings. The Morgan fingerprint density at radius 2 is 1.71 bits per heavy atom. The van der Waals surface area contributed by atoms with Crippen LogP contribution in [0.15, 0.2) is 58.1 Å². The third-order valence-corrected chi connectivity index (χ3v) is 5.90. The summed E-state index contributed by atoms with van der Waals surface area (Å²) in [6.07, 6.45) is 3.70. The van der Waals surface area contributed by atoms with Crippen molar-refractivity contribution in [3.8, 4) is 11.1 Å². The van der Waals surface area contributed by atoms with Gasteiger partial charge in [0.25, 0.3) is 0 Å². The Hall–Kier alpha value is -2.35. The van der Waals surface area contributed by atoms with Crippen molar-refractivity contribution in [2.45, 2.75) is 24.2 Å². The fourth-order valence-corrected chi connectivity index (χ4v) is 4.28. The van der Waals surface area contributed by atoms with Crippen LogP contribution >= 0.6 is 23.4 Å². The second-order valence-electron chi connectivity index (χ2n) is 6.53. The molecule has 2 aromatic rings. The number of aliphatic carboxylic acids is 1. The summed E-state index contributed by atoms with van der Waals surface area (Å²) in [6, 6.07) is 13.8. The molecule has 0 bridgehead atoms. The van der Waals surface area contributed by atoms with Crippen LogP contribution in [0.4, 0.5) is 5.69 Å². The molecule has 0 spiro atoms. The molecule has 6 N–H and O–H groups in total. The second kappa shape index (κ2) is 9.23. The van der Waals surface area contributed by atoms with Crippen LogP contribution in [0, 0.1) is 0 Å². The zero-order valence-electron chi connectivity index (χ0n) is 15.3. The van der Waals surface area contributed by atoms with Crippen molar-refractivity contribution in [2.75, 3.05) is 18.0 Å². The third-order valence-electron chi connectivity index (χ3n) is 4.66. The Bertz CT molecular complexity index is 880. The third kappa shape index (κ3) is 4.73. The predicted octanol–water partition coefficient (Wildman–Crippen LogP) is 3.77. The van der Waals surface area contributed by atoms with Crippen molar-refractivity contribution in [3.63, 3.8) is 0 Å². The maximum atomic E-state index is 11.1. The van der Waals surface area contributed by atoms with Gasteiger partial charge < -0.3 is 21.2 Å². The van der Waals surface area contributed by atoms with E-state index in [1.165, 1.54) is 19.3 Å². The number of carbonyl (C=O) groups is 1. The van der Waals surface area contributed by atoms with Crippen molar-refractivity contribution in [3.05, 3.63) is 58.2 Å². The topological polar surface area (TPSA) is 105 Å². The predicted molar refractivity (Wildman–Crippen MR) is 115 cm³/mol. The molecule has 1 aliphatic heterocycles. The van der Waals surface area contributed by atoms with Crippen LogP contribution in [0.3, 0.4) is 0 Å². The molecule has 0 aliphatic carbocycles. The Kier molecular flexibility index (Phi) is 6.72. The lowest BCUT2D eigenvalue weighted by molar-refractivity contribution is -0.133. The monoisotopic (exact) mass is 418 g/mol. The molecular formula is C20H23ClN4O2S. The average molecular weight is 419 g/mol. The highest BCUT2D eigenvalue weighted by molar-refractivity contribution is 8.03. The standard InChI is InChI=1S/C20H23ClN4O2S/c21-16-12-14(6-9-17(16)25-10-2-1-3-11-25)13-4-7-15(8-5-13)28-19(22)18(24-23)20(26)27/h4-9,12,24H,1-3,10-11,22-23H2,(H,26,27)/b19-18+. The minimum absolute atomic E-state index is 0.0941. The van der Waals surface area contributed by atoms with E-state index in [-0.39, 0.29) is 10.7 Å². The van der Waals surface area contributed by atoms with E-state index in [0.717, 1.165) is 51.6 Å². The maximum absolute atomic E-state index is 11.1. The summed E-state index contributed by atoms with van der Waals surface area (Å²) in [5.74, 6) is 4.01. The van der Waals surface area contributed by atoms with Crippen LogP contribution in [0.2, 0.25) is 5.02 Å². The number of carboxylic acids is 1. The normalized spacial score (nSPS) is 15.1. The first kappa shape index (κ1) is 20.4. The summed E-state index contributed by atoms with van der Waals surface area (Å²) in [5, 5.41) is 9.90. The highest BCUT2D eigenvalue weighted by atomic mass is 35.5. The number of anilines is 1. The van der Waals surface area contributed by atoms with Gasteiger partial charge in [-0.15, -0.1) is 0 Å². The average Bonchev–Trinajstić information content (AvgIpc) is 2.69. The summed E-state index contributed by atoms with van der Waals surface area (Å²) < 4.78 is 0. The van der Waals surface area contributed by atoms with Gasteiger partial charge in [0.05, 0.1) is 10.7 Å². The number of benzene rings is 2. The summed E-state index contributed by atoms with van der Waals surface area (Å²) >= 11 is 7.68. The largest absolute Gasteiger partial charge is 0.476 e. The molecule has 1 saturated heterocycles. The number of carboxylic acid groups (broad SMARTS) is 1. The van der Waals surface area contributed by atoms with E-state index < -0.39 is 5.97 Å². The van der Waals surface area contributed by atoms with Gasteiger partial charge in [0.2, 0.25) is 0 Å². The van der Waals surface area contributed by atoms with Gasteiger partial charge in [-0.1, -0.05) is 41.6 Å². The molecule has 0 atom stereocenters. The Morgan fingerprint density at radius 3 is 2.29 bits per heavy atom. The number of piperidine rings is 1. The molecule has 1 heterocycles. The second-order valence-corrected chi connectivity index (χ2v) is 8.05. The van der Waals surface area contributed by atoms with E-state index in [0.29, 0.717) is 0 Å². The Labute approximate surface area is 173 Å². The van der Waals surface area contributed by atoms with E-state index in [1.54, 1.807) is 0 Å². The van der Waals surface area contributed by atoms with Crippen LogP contribution in [-0.4, -0.2) is 24.2 Å². The molecule has 6 nitrogen and oxygen atoms in total. The highest BCUT2D eigenvalue weighted by Gasteiger charge is 2.15. The van der Waals surface area contributed by atoms with Gasteiger partial charge in [-0.25, -0.2) is 4.79 Å². The van der Waals surface area contributed by atoms with Gasteiger partial charge in [0.1, 0.15) is 5.03 Å². The first-order valence-corrected chi connectivity index (χ1v) is 10.2. The maximum Gasteiger partial charge on any atom is 0.356 e. The molecule has 0 unspecified atom stereocenters. The smallest absolute Gasteiger partial charge is 0.356 e. The molecular weight excluding hydrogens is 396 g/mol. The van der Waals surface area contributed by atoms with Crippen LogP contribution in [0.5, 0.6) is 0 Å². The molecule has 0 aromatic heterocycles. The summed E-state index contributed by atoms with van der Waals surface area (Å²) in [7, 11) is 0. The number of thioether (sulfide) groups is 1. The molecule has 1 aliphatic rings. The number of hydrogen-bond acceptors (Lipinski definition) is 6. The molecule has 148 valence electrons. The zero-order chi connectivity index (χ0) is 20.1. The van der Waals surface area contributed by atoms with E-state index in [9.17, 15) is 4.79 Å². The lowest BCUT2D eigenvalue weighted by Crippen LogP contribution is -2.29. The summed E-state index contributed by atoms with van der Waals surface area (Å²) in [5.41, 5.74) is 10.8. The van der Waals surface area contributed by atoms with Gasteiger partial charge in [-0.05, 0) is 54.7 Å². The molecule has 0 amide bonds. The fourth-order valence-electron chi connectivity index (χ4n) is 3.21. The number of halogens is 1. The van der Waals surface area contributed by atoms with Gasteiger partial charge >= 0.3 is 5.97 Å². The minimum Gasteiger partial charge on any atom is -0.476 e. The molecule has 0 saturated carbocycles. The van der Waals surface area contributed by atoms with Crippen molar-refractivity contribution in [1.29, 1.82) is 0 Å². The SMILES string of the molecule is NN/C(C(=O)O)=C(\N)Sc1ccc(-c2ccc(N3CCCCC3)c(Cl)c2)cc1. The number of nitrogens with one attached hydrogen (secondary N) is 1. The Balaban J connectivity index is 1.76. The van der Waals surface area contributed by atoms with Crippen LogP contribution < -0.4 is 21.9 Å². The van der Waals surface area contributed by atoms with Crippen molar-refractivity contribution in [2.24, 2.45) is 11.6 Å². The van der Waals surface area contributed by atoms with Gasteiger partial charge in [-0.3, -0.25) is 5.84 Å². The zero-order valence-corrected chi connectivity index (χ0v) is 16.9. The molecule has 0 radical (unpaired) electrons. The first-order chi connectivity index (χ1) is 13.5. The van der Waals surface area contributed by atoms with Crippen molar-refractivity contribution < 1.29 is 9.90 Å². The number of hydrogen-bond donors (Lipinski definition) is 4. The molecule has 3 rings (SSSR count). The summed E-state index contributed by atoms with van der Waals surface area (Å²) in [6.45, 7) is 2.10. The van der Waals surface area contributed by atoms with E-state index in [4.69, 9.17) is 28.3 Å². The fraction of sp³-hybridized carbons (Fsp3) is 0.250. The van der Waals surface area contributed by atoms with Crippen LogP contribution in [-0.2, 0) is 4.79 Å². The number of nitrogens with zero attached hydrogens (tertiary/aromatic N) is 1. The Morgan fingerprint density at radius 1 is 1.07 bits per heavy atom.